The van der Waals surface area contributed by atoms with Crippen LogP contribution in [0, 0.1) is 0 Å². The Hall–Kier alpha value is -0.570. The number of likely N-dealkylation sites (tertiary alicyclic amines) is 1. The van der Waals surface area contributed by atoms with Crippen LogP contribution in [0.1, 0.15) is 19.8 Å². The van der Waals surface area contributed by atoms with Crippen molar-refractivity contribution in [1.82, 2.24) is 10.2 Å². The van der Waals surface area contributed by atoms with Crippen LogP contribution < -0.4 is 5.32 Å². The summed E-state index contributed by atoms with van der Waals surface area (Å²) in [6.07, 6.45) is 2.16. The highest BCUT2D eigenvalue weighted by atomic mass is 16.2. The van der Waals surface area contributed by atoms with Gasteiger partial charge in [-0.1, -0.05) is 0 Å². The SMILES string of the molecule is CC1CCC2(CN(C)C2=O)N1. The molecule has 0 aromatic carbocycles. The molecule has 0 aromatic heterocycles. The molecule has 0 saturated carbocycles. The van der Waals surface area contributed by atoms with Crippen molar-refractivity contribution in [3.63, 3.8) is 0 Å². The third-order valence-corrected chi connectivity index (χ3v) is 2.79. The predicted octanol–water partition coefficient (Wildman–Crippen LogP) is -0.0309. The molecule has 1 amide bonds. The second-order valence-corrected chi connectivity index (χ2v) is 3.83. The van der Waals surface area contributed by atoms with Crippen LogP contribution in [0.15, 0.2) is 0 Å². The van der Waals surface area contributed by atoms with Crippen molar-refractivity contribution in [2.75, 3.05) is 13.6 Å². The van der Waals surface area contributed by atoms with Gasteiger partial charge >= 0.3 is 0 Å². The van der Waals surface area contributed by atoms with E-state index in [4.69, 9.17) is 0 Å². The molecule has 3 nitrogen and oxygen atoms in total. The lowest BCUT2D eigenvalue weighted by molar-refractivity contribution is -0.149. The zero-order chi connectivity index (χ0) is 8.06. The Morgan fingerprint density at radius 1 is 1.73 bits per heavy atom. The zero-order valence-corrected chi connectivity index (χ0v) is 7.05. The first kappa shape index (κ1) is 7.10. The first-order chi connectivity index (χ1) is 5.14. The normalized spacial score (nSPS) is 43.3. The van der Waals surface area contributed by atoms with Crippen LogP contribution in [0.5, 0.6) is 0 Å². The lowest BCUT2D eigenvalue weighted by Gasteiger charge is -2.45. The summed E-state index contributed by atoms with van der Waals surface area (Å²) < 4.78 is 0. The highest BCUT2D eigenvalue weighted by Crippen LogP contribution is 2.32. The molecule has 3 heteroatoms. The molecule has 62 valence electrons. The van der Waals surface area contributed by atoms with Crippen molar-refractivity contribution in [3.05, 3.63) is 0 Å². The summed E-state index contributed by atoms with van der Waals surface area (Å²) in [6, 6.07) is 0.521. The van der Waals surface area contributed by atoms with Crippen molar-refractivity contribution < 1.29 is 4.79 Å². The maximum atomic E-state index is 11.4. The number of β-lactam (4-membered cyclic amide) rings is 1. The third-order valence-electron chi connectivity index (χ3n) is 2.79. The van der Waals surface area contributed by atoms with E-state index in [0.717, 1.165) is 19.4 Å². The third kappa shape index (κ3) is 0.805. The van der Waals surface area contributed by atoms with Crippen LogP contribution >= 0.6 is 0 Å². The number of likely N-dealkylation sites (N-methyl/N-ethyl adjacent to an activating group) is 1. The molecule has 11 heavy (non-hydrogen) atoms. The van der Waals surface area contributed by atoms with Gasteiger partial charge in [0.05, 0.1) is 0 Å². The summed E-state index contributed by atoms with van der Waals surface area (Å²) in [7, 11) is 1.86. The number of nitrogens with one attached hydrogen (secondary N) is 1. The molecule has 1 N–H and O–H groups in total. The molecule has 1 spiro atoms. The molecule has 2 atom stereocenters. The fourth-order valence-electron chi connectivity index (χ4n) is 2.19. The van der Waals surface area contributed by atoms with Crippen LogP contribution in [0.2, 0.25) is 0 Å². The molecule has 2 fully saturated rings. The summed E-state index contributed by atoms with van der Waals surface area (Å²) >= 11 is 0. The monoisotopic (exact) mass is 154 g/mol. The average Bonchev–Trinajstić information content (AvgIpc) is 2.34. The molecule has 0 aliphatic carbocycles. The summed E-state index contributed by atoms with van der Waals surface area (Å²) in [5.41, 5.74) is -0.145. The van der Waals surface area contributed by atoms with E-state index in [1.54, 1.807) is 4.90 Å². The van der Waals surface area contributed by atoms with E-state index in [9.17, 15) is 4.79 Å². The second kappa shape index (κ2) is 1.97. The molecule has 2 aliphatic heterocycles. The van der Waals surface area contributed by atoms with Gasteiger partial charge in [-0.2, -0.15) is 0 Å². The lowest BCUT2D eigenvalue weighted by atomic mass is 9.88. The minimum Gasteiger partial charge on any atom is -0.342 e. The van der Waals surface area contributed by atoms with Gasteiger partial charge < -0.3 is 4.90 Å². The van der Waals surface area contributed by atoms with Gasteiger partial charge in [0.15, 0.2) is 0 Å². The molecule has 2 rings (SSSR count). The van der Waals surface area contributed by atoms with E-state index in [2.05, 4.69) is 12.2 Å². The van der Waals surface area contributed by atoms with E-state index < -0.39 is 0 Å². The predicted molar refractivity (Wildman–Crippen MR) is 42.2 cm³/mol. The van der Waals surface area contributed by atoms with E-state index in [1.165, 1.54) is 0 Å². The number of rotatable bonds is 0. The Morgan fingerprint density at radius 2 is 2.45 bits per heavy atom. The summed E-state index contributed by atoms with van der Waals surface area (Å²) in [5.74, 6) is 0.279. The fourth-order valence-corrected chi connectivity index (χ4v) is 2.19. The molecule has 2 aliphatic rings. The summed E-state index contributed by atoms with van der Waals surface area (Å²) in [5, 5.41) is 3.36. The van der Waals surface area contributed by atoms with Gasteiger partial charge in [0.25, 0.3) is 0 Å². The fraction of sp³-hybridized carbons (Fsp3) is 0.875. The Kier molecular flexibility index (Phi) is 1.27. The first-order valence-corrected chi connectivity index (χ1v) is 4.17. The second-order valence-electron chi connectivity index (χ2n) is 3.83. The summed E-state index contributed by atoms with van der Waals surface area (Å²) in [4.78, 5) is 13.2. The largest absolute Gasteiger partial charge is 0.342 e. The minimum atomic E-state index is -0.145. The molecule has 0 radical (unpaired) electrons. The van der Waals surface area contributed by atoms with E-state index in [1.807, 2.05) is 7.05 Å². The quantitative estimate of drug-likeness (QED) is 0.497. The molecule has 2 heterocycles. The molecule has 2 unspecified atom stereocenters. The van der Waals surface area contributed by atoms with Crippen LogP contribution in [-0.2, 0) is 4.79 Å². The topological polar surface area (TPSA) is 32.3 Å². The summed E-state index contributed by atoms with van der Waals surface area (Å²) in [6.45, 7) is 3.04. The lowest BCUT2D eigenvalue weighted by Crippen LogP contribution is -2.70. The molecule has 2 saturated heterocycles. The first-order valence-electron chi connectivity index (χ1n) is 4.17. The Morgan fingerprint density at radius 3 is 2.82 bits per heavy atom. The van der Waals surface area contributed by atoms with Crippen LogP contribution in [0.3, 0.4) is 0 Å². The van der Waals surface area contributed by atoms with E-state index in [0.29, 0.717) is 6.04 Å². The number of amides is 1. The Labute approximate surface area is 66.8 Å². The van der Waals surface area contributed by atoms with Crippen molar-refractivity contribution in [1.29, 1.82) is 0 Å². The number of hydrogen-bond donors (Lipinski definition) is 1. The maximum Gasteiger partial charge on any atom is 0.244 e. The van der Waals surface area contributed by atoms with Crippen molar-refractivity contribution >= 4 is 5.91 Å². The Bertz CT molecular complexity index is 200. The van der Waals surface area contributed by atoms with Gasteiger partial charge in [0, 0.05) is 19.6 Å². The Balaban J connectivity index is 2.10. The molecular formula is C8H14N2O. The van der Waals surface area contributed by atoms with Crippen molar-refractivity contribution in [2.45, 2.75) is 31.3 Å². The highest BCUT2D eigenvalue weighted by Gasteiger charge is 2.53. The maximum absolute atomic E-state index is 11.4. The number of carbonyl (C=O) groups is 1. The highest BCUT2D eigenvalue weighted by molar-refractivity contribution is 5.92. The van der Waals surface area contributed by atoms with Gasteiger partial charge in [0.1, 0.15) is 5.54 Å². The van der Waals surface area contributed by atoms with Crippen LogP contribution in [0.4, 0.5) is 0 Å². The van der Waals surface area contributed by atoms with Gasteiger partial charge in [0.2, 0.25) is 5.91 Å². The molecular weight excluding hydrogens is 140 g/mol. The smallest absolute Gasteiger partial charge is 0.244 e. The number of nitrogens with zero attached hydrogens (tertiary/aromatic N) is 1. The van der Waals surface area contributed by atoms with E-state index in [-0.39, 0.29) is 11.4 Å². The van der Waals surface area contributed by atoms with Crippen molar-refractivity contribution in [3.8, 4) is 0 Å². The van der Waals surface area contributed by atoms with Gasteiger partial charge in [-0.05, 0) is 19.8 Å². The number of hydrogen-bond acceptors (Lipinski definition) is 2. The minimum absolute atomic E-state index is 0.145. The zero-order valence-electron chi connectivity index (χ0n) is 7.05. The average molecular weight is 154 g/mol. The standard InChI is InChI=1S/C8H14N2O/c1-6-3-4-8(9-6)5-10(2)7(8)11/h6,9H,3-5H2,1-2H3. The van der Waals surface area contributed by atoms with Crippen LogP contribution in [0.25, 0.3) is 0 Å². The van der Waals surface area contributed by atoms with Gasteiger partial charge in [-0.3, -0.25) is 10.1 Å². The molecule has 0 aromatic rings. The molecule has 0 bridgehead atoms. The van der Waals surface area contributed by atoms with Crippen LogP contribution in [-0.4, -0.2) is 36.0 Å². The van der Waals surface area contributed by atoms with Crippen molar-refractivity contribution in [2.24, 2.45) is 0 Å². The van der Waals surface area contributed by atoms with Gasteiger partial charge in [-0.25, -0.2) is 0 Å². The van der Waals surface area contributed by atoms with Gasteiger partial charge in [-0.15, -0.1) is 0 Å². The van der Waals surface area contributed by atoms with E-state index >= 15 is 0 Å². The number of carbonyl (C=O) groups excluding carboxylic acids is 1.